The van der Waals surface area contributed by atoms with Crippen LogP contribution in [-0.2, 0) is 30.5 Å². The lowest BCUT2D eigenvalue weighted by Gasteiger charge is -2.30. The molecular weight excluding hydrogens is 443 g/mol. The number of alkyl halides is 3. The van der Waals surface area contributed by atoms with Gasteiger partial charge in [0.15, 0.2) is 5.69 Å². The minimum Gasteiger partial charge on any atom is -0.364 e. The van der Waals surface area contributed by atoms with E-state index < -0.39 is 29.4 Å². The highest BCUT2D eigenvalue weighted by atomic mass is 19.4. The molecule has 0 fully saturated rings. The van der Waals surface area contributed by atoms with Crippen molar-refractivity contribution in [2.24, 2.45) is 0 Å². The van der Waals surface area contributed by atoms with E-state index in [2.05, 4.69) is 10.4 Å². The van der Waals surface area contributed by atoms with Gasteiger partial charge in [-0.05, 0) is 60.9 Å². The Hall–Kier alpha value is -3.43. The van der Waals surface area contributed by atoms with Gasteiger partial charge in [0.2, 0.25) is 5.91 Å². The molecule has 5 nitrogen and oxygen atoms in total. The molecule has 0 atom stereocenters. The molecule has 0 unspecified atom stereocenters. The summed E-state index contributed by atoms with van der Waals surface area (Å²) in [6.45, 7) is 4.71. The van der Waals surface area contributed by atoms with Crippen LogP contribution in [0.1, 0.15) is 28.1 Å². The molecule has 10 heteroatoms. The van der Waals surface area contributed by atoms with Gasteiger partial charge in [-0.2, -0.15) is 18.3 Å². The SMILES string of the molecule is Cc1cc(N2CCn3nc(C(F)(F)F)cc3C2)cc(C)c1NC(=O)Cc1cc(F)cc(F)c1. The van der Waals surface area contributed by atoms with Crippen LogP contribution in [0.25, 0.3) is 0 Å². The molecule has 1 amide bonds. The lowest BCUT2D eigenvalue weighted by Crippen LogP contribution is -2.34. The van der Waals surface area contributed by atoms with Crippen molar-refractivity contribution < 1.29 is 26.7 Å². The maximum Gasteiger partial charge on any atom is 0.435 e. The molecule has 3 aromatic rings. The third-order valence-corrected chi connectivity index (χ3v) is 5.52. The zero-order valence-corrected chi connectivity index (χ0v) is 17.9. The standard InChI is InChI=1S/C23H21F5N4O/c1-13-5-18(31-3-4-32-19(12-31)11-20(30-32)23(26,27)28)6-14(2)22(13)29-21(33)9-15-7-16(24)10-17(25)8-15/h5-8,10-11H,3-4,9,12H2,1-2H3,(H,29,33). The zero-order valence-electron chi connectivity index (χ0n) is 17.9. The number of halogens is 5. The molecule has 0 spiro atoms. The Kier molecular flexibility index (Phi) is 5.85. The number of benzene rings is 2. The molecule has 2 heterocycles. The maximum atomic E-state index is 13.4. The molecule has 33 heavy (non-hydrogen) atoms. The van der Waals surface area contributed by atoms with Gasteiger partial charge in [-0.15, -0.1) is 0 Å². The number of carbonyl (C=O) groups is 1. The molecule has 0 saturated heterocycles. The Morgan fingerprint density at radius 1 is 1.00 bits per heavy atom. The largest absolute Gasteiger partial charge is 0.435 e. The van der Waals surface area contributed by atoms with Gasteiger partial charge < -0.3 is 10.2 Å². The van der Waals surface area contributed by atoms with Crippen LogP contribution in [0.3, 0.4) is 0 Å². The fraction of sp³-hybridized carbons (Fsp3) is 0.304. The van der Waals surface area contributed by atoms with E-state index >= 15 is 0 Å². The quantitative estimate of drug-likeness (QED) is 0.553. The average Bonchev–Trinajstić information content (AvgIpc) is 3.13. The minimum atomic E-state index is -4.49. The van der Waals surface area contributed by atoms with Crippen LogP contribution in [0.15, 0.2) is 36.4 Å². The Labute approximate surface area is 186 Å². The summed E-state index contributed by atoms with van der Waals surface area (Å²) in [5, 5.41) is 6.44. The number of fused-ring (bicyclic) bond motifs is 1. The Bertz CT molecular complexity index is 1170. The highest BCUT2D eigenvalue weighted by Gasteiger charge is 2.35. The highest BCUT2D eigenvalue weighted by molar-refractivity contribution is 5.94. The molecule has 4 rings (SSSR count). The molecule has 1 N–H and O–H groups in total. The lowest BCUT2D eigenvalue weighted by molar-refractivity contribution is -0.141. The zero-order chi connectivity index (χ0) is 23.9. The first-order valence-electron chi connectivity index (χ1n) is 10.2. The van der Waals surface area contributed by atoms with E-state index in [1.807, 2.05) is 30.9 Å². The second kappa shape index (κ2) is 8.49. The Morgan fingerprint density at radius 3 is 2.24 bits per heavy atom. The van der Waals surface area contributed by atoms with Gasteiger partial charge in [0.25, 0.3) is 0 Å². The molecule has 1 aromatic heterocycles. The molecule has 1 aliphatic heterocycles. The molecule has 2 aromatic carbocycles. The number of nitrogens with zero attached hydrogens (tertiary/aromatic N) is 3. The molecular formula is C23H21F5N4O. The number of rotatable bonds is 4. The summed E-state index contributed by atoms with van der Waals surface area (Å²) in [6.07, 6.45) is -4.67. The third-order valence-electron chi connectivity index (χ3n) is 5.52. The predicted molar refractivity (Wildman–Crippen MR) is 113 cm³/mol. The number of anilines is 2. The van der Waals surface area contributed by atoms with Gasteiger partial charge in [0, 0.05) is 24.0 Å². The van der Waals surface area contributed by atoms with Gasteiger partial charge in [-0.3, -0.25) is 9.48 Å². The summed E-state index contributed by atoms with van der Waals surface area (Å²) in [4.78, 5) is 14.4. The molecule has 0 saturated carbocycles. The van der Waals surface area contributed by atoms with Crippen molar-refractivity contribution in [2.75, 3.05) is 16.8 Å². The van der Waals surface area contributed by atoms with Crippen LogP contribution in [0.5, 0.6) is 0 Å². The molecule has 1 aliphatic rings. The average molecular weight is 464 g/mol. The van der Waals surface area contributed by atoms with Gasteiger partial charge >= 0.3 is 6.18 Å². The maximum absolute atomic E-state index is 13.4. The van der Waals surface area contributed by atoms with Crippen LogP contribution >= 0.6 is 0 Å². The summed E-state index contributed by atoms with van der Waals surface area (Å²) >= 11 is 0. The molecule has 0 bridgehead atoms. The summed E-state index contributed by atoms with van der Waals surface area (Å²) in [5.74, 6) is -1.92. The number of aryl methyl sites for hydroxylation is 2. The van der Waals surface area contributed by atoms with Crippen LogP contribution in [0, 0.1) is 25.5 Å². The summed E-state index contributed by atoms with van der Waals surface area (Å²) in [5.41, 5.74) is 2.72. The van der Waals surface area contributed by atoms with Crippen molar-refractivity contribution in [3.05, 3.63) is 76.1 Å². The van der Waals surface area contributed by atoms with Crippen LogP contribution < -0.4 is 10.2 Å². The molecule has 0 radical (unpaired) electrons. The van der Waals surface area contributed by atoms with Crippen LogP contribution in [0.2, 0.25) is 0 Å². The second-order valence-corrected chi connectivity index (χ2v) is 8.12. The highest BCUT2D eigenvalue weighted by Crippen LogP contribution is 2.32. The van der Waals surface area contributed by atoms with Crippen molar-refractivity contribution in [1.29, 1.82) is 0 Å². The van der Waals surface area contributed by atoms with Crippen molar-refractivity contribution in [2.45, 2.75) is 39.5 Å². The topological polar surface area (TPSA) is 50.2 Å². The summed E-state index contributed by atoms with van der Waals surface area (Å²) in [6, 6.07) is 7.72. The van der Waals surface area contributed by atoms with Crippen molar-refractivity contribution >= 4 is 17.3 Å². The molecule has 174 valence electrons. The third kappa shape index (κ3) is 4.99. The lowest BCUT2D eigenvalue weighted by atomic mass is 10.1. The van der Waals surface area contributed by atoms with Crippen LogP contribution in [-0.4, -0.2) is 22.2 Å². The van der Waals surface area contributed by atoms with Gasteiger partial charge in [0.1, 0.15) is 11.6 Å². The smallest absolute Gasteiger partial charge is 0.364 e. The normalized spacial score (nSPS) is 13.7. The monoisotopic (exact) mass is 464 g/mol. The minimum absolute atomic E-state index is 0.188. The van der Waals surface area contributed by atoms with Crippen molar-refractivity contribution in [3.63, 3.8) is 0 Å². The van der Waals surface area contributed by atoms with Gasteiger partial charge in [0.05, 0.1) is 25.2 Å². The van der Waals surface area contributed by atoms with Crippen molar-refractivity contribution in [3.8, 4) is 0 Å². The van der Waals surface area contributed by atoms with E-state index in [0.29, 0.717) is 24.5 Å². The number of nitrogens with one attached hydrogen (secondary N) is 1. The van der Waals surface area contributed by atoms with Crippen molar-refractivity contribution in [1.82, 2.24) is 9.78 Å². The predicted octanol–water partition coefficient (Wildman–Crippen LogP) is 5.00. The first-order valence-corrected chi connectivity index (χ1v) is 10.2. The number of amides is 1. The van der Waals surface area contributed by atoms with Gasteiger partial charge in [-0.1, -0.05) is 0 Å². The molecule has 0 aliphatic carbocycles. The fourth-order valence-corrected chi connectivity index (χ4v) is 4.03. The van der Waals surface area contributed by atoms with Crippen LogP contribution in [0.4, 0.5) is 33.3 Å². The summed E-state index contributed by atoms with van der Waals surface area (Å²) < 4.78 is 67.0. The van der Waals surface area contributed by atoms with Gasteiger partial charge in [-0.25, -0.2) is 8.78 Å². The number of carbonyl (C=O) groups excluding carboxylic acids is 1. The second-order valence-electron chi connectivity index (χ2n) is 8.12. The number of hydrogen-bond donors (Lipinski definition) is 1. The van der Waals surface area contributed by atoms with E-state index in [0.717, 1.165) is 41.1 Å². The van der Waals surface area contributed by atoms with E-state index in [-0.39, 0.29) is 18.5 Å². The first kappa shape index (κ1) is 22.8. The fourth-order valence-electron chi connectivity index (χ4n) is 4.03. The summed E-state index contributed by atoms with van der Waals surface area (Å²) in [7, 11) is 0. The number of hydrogen-bond acceptors (Lipinski definition) is 3. The van der Waals surface area contributed by atoms with E-state index in [1.54, 1.807) is 0 Å². The first-order chi connectivity index (χ1) is 15.5. The van der Waals surface area contributed by atoms with E-state index in [9.17, 15) is 26.7 Å². The number of aromatic nitrogens is 2. The van der Waals surface area contributed by atoms with E-state index in [1.165, 1.54) is 4.68 Å². The Morgan fingerprint density at radius 2 is 1.64 bits per heavy atom. The van der Waals surface area contributed by atoms with E-state index in [4.69, 9.17) is 0 Å². The Balaban J connectivity index is 1.49.